The van der Waals surface area contributed by atoms with Crippen molar-refractivity contribution in [1.29, 1.82) is 0 Å². The van der Waals surface area contributed by atoms with E-state index in [1.807, 2.05) is 14.0 Å². The molecule has 0 saturated heterocycles. The Morgan fingerprint density at radius 2 is 2.30 bits per heavy atom. The number of nitrogens with one attached hydrogen (secondary N) is 1. The van der Waals surface area contributed by atoms with E-state index in [4.69, 9.17) is 11.6 Å². The molecule has 2 rings (SSSR count). The summed E-state index contributed by atoms with van der Waals surface area (Å²) < 4.78 is 0. The third-order valence-corrected chi connectivity index (χ3v) is 4.30. The highest BCUT2D eigenvalue weighted by Crippen LogP contribution is 2.25. The number of rotatable bonds is 6. The fourth-order valence-electron chi connectivity index (χ4n) is 1.91. The highest BCUT2D eigenvalue weighted by molar-refractivity contribution is 7.09. The van der Waals surface area contributed by atoms with Gasteiger partial charge in [0.2, 0.25) is 5.95 Å². The highest BCUT2D eigenvalue weighted by atomic mass is 35.5. The minimum atomic E-state index is 0.315. The second kappa shape index (κ2) is 6.90. The fraction of sp³-hybridized carbons (Fsp3) is 0.429. The lowest BCUT2D eigenvalue weighted by atomic mass is 10.2. The molecule has 1 atom stereocenters. The topological polar surface area (TPSA) is 41.1 Å². The summed E-state index contributed by atoms with van der Waals surface area (Å²) >= 11 is 8.00. The molecule has 2 heterocycles. The van der Waals surface area contributed by atoms with E-state index in [9.17, 15) is 0 Å². The van der Waals surface area contributed by atoms with Gasteiger partial charge in [0.1, 0.15) is 5.02 Å². The second-order valence-electron chi connectivity index (χ2n) is 4.64. The van der Waals surface area contributed by atoms with Crippen LogP contribution in [-0.4, -0.2) is 29.6 Å². The van der Waals surface area contributed by atoms with Crippen LogP contribution in [0.3, 0.4) is 0 Å². The third kappa shape index (κ3) is 3.61. The van der Waals surface area contributed by atoms with E-state index in [0.29, 0.717) is 17.0 Å². The van der Waals surface area contributed by atoms with Gasteiger partial charge in [-0.2, -0.15) is 4.98 Å². The first-order valence-corrected chi connectivity index (χ1v) is 7.89. The minimum absolute atomic E-state index is 0.315. The van der Waals surface area contributed by atoms with Crippen LogP contribution in [-0.2, 0) is 6.42 Å². The van der Waals surface area contributed by atoms with Crippen molar-refractivity contribution in [2.45, 2.75) is 26.3 Å². The average Bonchev–Trinajstić information content (AvgIpc) is 2.93. The Bertz CT molecular complexity index is 544. The Hall–Kier alpha value is -1.33. The molecule has 20 heavy (non-hydrogen) atoms. The molecule has 2 aromatic heterocycles. The molecule has 0 radical (unpaired) electrons. The smallest absolute Gasteiger partial charge is 0.224 e. The lowest BCUT2D eigenvalue weighted by Gasteiger charge is -2.26. The summed E-state index contributed by atoms with van der Waals surface area (Å²) in [6, 6.07) is 4.55. The largest absolute Gasteiger partial charge is 0.355 e. The van der Waals surface area contributed by atoms with Crippen molar-refractivity contribution in [3.8, 4) is 0 Å². The molecule has 108 valence electrons. The number of aromatic nitrogens is 2. The Kier molecular flexibility index (Phi) is 5.20. The molecule has 1 N–H and O–H groups in total. The van der Waals surface area contributed by atoms with Gasteiger partial charge < -0.3 is 10.2 Å². The molecule has 0 aliphatic rings. The van der Waals surface area contributed by atoms with Gasteiger partial charge in [0.25, 0.3) is 0 Å². The molecule has 0 saturated carbocycles. The predicted molar refractivity (Wildman–Crippen MR) is 87.1 cm³/mol. The molecule has 4 nitrogen and oxygen atoms in total. The first kappa shape index (κ1) is 15.1. The molecule has 2 aromatic rings. The maximum atomic E-state index is 6.23. The van der Waals surface area contributed by atoms with Crippen LogP contribution in [0.5, 0.6) is 0 Å². The van der Waals surface area contributed by atoms with E-state index < -0.39 is 0 Å². The zero-order valence-electron chi connectivity index (χ0n) is 11.9. The van der Waals surface area contributed by atoms with Crippen molar-refractivity contribution >= 4 is 34.7 Å². The maximum absolute atomic E-state index is 6.23. The van der Waals surface area contributed by atoms with E-state index in [1.54, 1.807) is 17.5 Å². The van der Waals surface area contributed by atoms with E-state index in [0.717, 1.165) is 18.8 Å². The molecule has 1 unspecified atom stereocenters. The van der Waals surface area contributed by atoms with Crippen LogP contribution in [0.4, 0.5) is 11.8 Å². The molecule has 0 fully saturated rings. The molecule has 0 aliphatic heterocycles. The highest BCUT2D eigenvalue weighted by Gasteiger charge is 2.16. The summed E-state index contributed by atoms with van der Waals surface area (Å²) in [5.74, 6) is 1.38. The molecular weight excluding hydrogens is 292 g/mol. The van der Waals surface area contributed by atoms with E-state index in [2.05, 4.69) is 44.6 Å². The number of anilines is 2. The fourth-order valence-corrected chi connectivity index (χ4v) is 2.97. The number of halogens is 1. The third-order valence-electron chi connectivity index (χ3n) is 3.13. The normalized spacial score (nSPS) is 12.2. The monoisotopic (exact) mass is 310 g/mol. The first-order chi connectivity index (χ1) is 9.61. The van der Waals surface area contributed by atoms with Crippen LogP contribution in [0.15, 0.2) is 23.7 Å². The van der Waals surface area contributed by atoms with Gasteiger partial charge in [0.15, 0.2) is 5.82 Å². The Labute approximate surface area is 128 Å². The standard InChI is InChI=1S/C14H19ClN4S/c1-4-16-14-17-9-12(15)13(18-14)19(3)10(2)8-11-6-5-7-20-11/h5-7,9-10H,4,8H2,1-3H3,(H,16,17,18). The second-order valence-corrected chi connectivity index (χ2v) is 6.08. The van der Waals surface area contributed by atoms with Crippen molar-refractivity contribution in [2.24, 2.45) is 0 Å². The molecule has 6 heteroatoms. The van der Waals surface area contributed by atoms with Crippen molar-refractivity contribution in [1.82, 2.24) is 9.97 Å². The number of hydrogen-bond donors (Lipinski definition) is 1. The van der Waals surface area contributed by atoms with Crippen LogP contribution >= 0.6 is 22.9 Å². The number of nitrogens with zero attached hydrogens (tertiary/aromatic N) is 3. The maximum Gasteiger partial charge on any atom is 0.224 e. The van der Waals surface area contributed by atoms with Crippen molar-refractivity contribution in [2.75, 3.05) is 23.8 Å². The Morgan fingerprint density at radius 3 is 2.95 bits per heavy atom. The van der Waals surface area contributed by atoms with Gasteiger partial charge in [-0.05, 0) is 25.3 Å². The van der Waals surface area contributed by atoms with E-state index in [1.165, 1.54) is 4.88 Å². The van der Waals surface area contributed by atoms with E-state index in [-0.39, 0.29) is 0 Å². The first-order valence-electron chi connectivity index (χ1n) is 6.63. The van der Waals surface area contributed by atoms with Gasteiger partial charge in [-0.3, -0.25) is 0 Å². The Balaban J connectivity index is 2.14. The lowest BCUT2D eigenvalue weighted by Crippen LogP contribution is -2.31. The summed E-state index contributed by atoms with van der Waals surface area (Å²) in [5, 5.41) is 5.79. The van der Waals surface area contributed by atoms with Crippen LogP contribution < -0.4 is 10.2 Å². The molecular formula is C14H19ClN4S. The summed E-state index contributed by atoms with van der Waals surface area (Å²) in [6.45, 7) is 4.97. The predicted octanol–water partition coefficient (Wildman–Crippen LogP) is 3.69. The number of hydrogen-bond acceptors (Lipinski definition) is 5. The quantitative estimate of drug-likeness (QED) is 0.883. The zero-order valence-corrected chi connectivity index (χ0v) is 13.5. The van der Waals surface area contributed by atoms with E-state index >= 15 is 0 Å². The Morgan fingerprint density at radius 1 is 1.50 bits per heavy atom. The van der Waals surface area contributed by atoms with Crippen LogP contribution in [0, 0.1) is 0 Å². The minimum Gasteiger partial charge on any atom is -0.355 e. The van der Waals surface area contributed by atoms with Crippen molar-refractivity contribution in [3.05, 3.63) is 33.6 Å². The summed E-state index contributed by atoms with van der Waals surface area (Å²) in [6.07, 6.45) is 2.63. The summed E-state index contributed by atoms with van der Waals surface area (Å²) in [5.41, 5.74) is 0. The van der Waals surface area contributed by atoms with Gasteiger partial charge in [-0.15, -0.1) is 11.3 Å². The van der Waals surface area contributed by atoms with Gasteiger partial charge in [0, 0.05) is 30.9 Å². The van der Waals surface area contributed by atoms with Crippen molar-refractivity contribution < 1.29 is 0 Å². The molecule has 0 spiro atoms. The van der Waals surface area contributed by atoms with Crippen LogP contribution in [0.1, 0.15) is 18.7 Å². The van der Waals surface area contributed by atoms with Crippen LogP contribution in [0.25, 0.3) is 0 Å². The number of thiophene rings is 1. The summed E-state index contributed by atoms with van der Waals surface area (Å²) in [4.78, 5) is 12.1. The molecule has 0 aromatic carbocycles. The summed E-state index contributed by atoms with van der Waals surface area (Å²) in [7, 11) is 2.02. The molecule has 0 bridgehead atoms. The van der Waals surface area contributed by atoms with Crippen molar-refractivity contribution in [3.63, 3.8) is 0 Å². The van der Waals surface area contributed by atoms with Gasteiger partial charge in [0.05, 0.1) is 6.20 Å². The van der Waals surface area contributed by atoms with Crippen LogP contribution in [0.2, 0.25) is 5.02 Å². The SMILES string of the molecule is CCNc1ncc(Cl)c(N(C)C(C)Cc2cccs2)n1. The van der Waals surface area contributed by atoms with Gasteiger partial charge in [-0.1, -0.05) is 17.7 Å². The number of likely N-dealkylation sites (N-methyl/N-ethyl adjacent to an activating group) is 1. The average molecular weight is 311 g/mol. The van der Waals surface area contributed by atoms with Gasteiger partial charge >= 0.3 is 0 Å². The zero-order chi connectivity index (χ0) is 14.5. The lowest BCUT2D eigenvalue weighted by molar-refractivity contribution is 0.680. The molecule has 0 amide bonds. The van der Waals surface area contributed by atoms with Gasteiger partial charge in [-0.25, -0.2) is 4.98 Å². The molecule has 0 aliphatic carbocycles.